The largest absolute Gasteiger partial charge is 0.488 e. The summed E-state index contributed by atoms with van der Waals surface area (Å²) in [4.78, 5) is 30.9. The monoisotopic (exact) mass is 601 g/mol. The van der Waals surface area contributed by atoms with Crippen LogP contribution in [0.3, 0.4) is 0 Å². The molecule has 2 aromatic carbocycles. The zero-order valence-electron chi connectivity index (χ0n) is 26.6. The summed E-state index contributed by atoms with van der Waals surface area (Å²) in [7, 11) is 7.29. The predicted octanol–water partition coefficient (Wildman–Crippen LogP) is 6.12. The van der Waals surface area contributed by atoms with Gasteiger partial charge in [0, 0.05) is 42.4 Å². The molecule has 1 aliphatic carbocycles. The van der Waals surface area contributed by atoms with E-state index >= 15 is 0 Å². The topological polar surface area (TPSA) is 71.6 Å². The van der Waals surface area contributed by atoms with Crippen molar-refractivity contribution in [2.75, 3.05) is 39.7 Å². The van der Waals surface area contributed by atoms with Gasteiger partial charge in [-0.3, -0.25) is 9.80 Å². The van der Waals surface area contributed by atoms with Crippen LogP contribution in [0.2, 0.25) is 0 Å². The molecule has 2 aliphatic rings. The third-order valence-corrected chi connectivity index (χ3v) is 9.09. The van der Waals surface area contributed by atoms with Gasteiger partial charge in [0.25, 0.3) is 0 Å². The first-order chi connectivity index (χ1) is 20.1. The number of rotatable bonds is 7. The van der Waals surface area contributed by atoms with Gasteiger partial charge in [0.2, 0.25) is 0 Å². The lowest BCUT2D eigenvalue weighted by atomic mass is 9.68. The van der Waals surface area contributed by atoms with Gasteiger partial charge in [-0.25, -0.2) is 18.4 Å². The van der Waals surface area contributed by atoms with E-state index in [1.165, 1.54) is 30.2 Å². The number of halogens is 2. The molecule has 1 saturated carbocycles. The second-order valence-corrected chi connectivity index (χ2v) is 13.3. The molecule has 0 unspecified atom stereocenters. The third-order valence-electron chi connectivity index (χ3n) is 9.09. The van der Waals surface area contributed by atoms with E-state index in [9.17, 15) is 18.4 Å². The fraction of sp³-hybridized carbons (Fsp3) is 0.576. The second-order valence-electron chi connectivity index (χ2n) is 13.3. The summed E-state index contributed by atoms with van der Waals surface area (Å²) < 4.78 is 45.7. The molecule has 43 heavy (non-hydrogen) atoms. The Bertz CT molecular complexity index is 1320. The highest BCUT2D eigenvalue weighted by Gasteiger charge is 2.46. The van der Waals surface area contributed by atoms with Gasteiger partial charge < -0.3 is 19.1 Å². The SMILES string of the molecule is COC(=O)[C@@H]1C[C@H](Oc2cc(F)cc(N(C)C3(C)CCC(c4cccc(F)c4)(N(C)C)CC3)c2)CN1C(=O)OC(C)(C)C. The van der Waals surface area contributed by atoms with E-state index in [1.807, 2.05) is 27.2 Å². The van der Waals surface area contributed by atoms with E-state index in [4.69, 9.17) is 14.2 Å². The third kappa shape index (κ3) is 7.06. The first-order valence-corrected chi connectivity index (χ1v) is 14.8. The van der Waals surface area contributed by atoms with E-state index in [0.29, 0.717) is 11.4 Å². The number of amides is 1. The number of methoxy groups -OCH3 is 1. The molecule has 1 heterocycles. The maximum atomic E-state index is 15.0. The molecule has 8 nitrogen and oxygen atoms in total. The summed E-state index contributed by atoms with van der Waals surface area (Å²) in [6.07, 6.45) is 2.22. The van der Waals surface area contributed by atoms with Crippen LogP contribution < -0.4 is 9.64 Å². The second kappa shape index (κ2) is 12.3. The smallest absolute Gasteiger partial charge is 0.411 e. The van der Waals surface area contributed by atoms with Crippen LogP contribution in [-0.2, 0) is 19.8 Å². The van der Waals surface area contributed by atoms with Crippen molar-refractivity contribution >= 4 is 17.7 Å². The van der Waals surface area contributed by atoms with Crippen LogP contribution in [0.15, 0.2) is 42.5 Å². The average Bonchev–Trinajstić information content (AvgIpc) is 3.35. The zero-order valence-corrected chi connectivity index (χ0v) is 26.6. The Morgan fingerprint density at radius 2 is 1.65 bits per heavy atom. The molecule has 1 amide bonds. The summed E-state index contributed by atoms with van der Waals surface area (Å²) in [6.45, 7) is 7.52. The lowest BCUT2D eigenvalue weighted by molar-refractivity contribution is -0.145. The molecule has 4 rings (SSSR count). The molecule has 2 fully saturated rings. The molecule has 2 aromatic rings. The van der Waals surface area contributed by atoms with Crippen molar-refractivity contribution < 1.29 is 32.6 Å². The Morgan fingerprint density at radius 3 is 2.23 bits per heavy atom. The van der Waals surface area contributed by atoms with Gasteiger partial charge in [-0.2, -0.15) is 0 Å². The highest BCUT2D eigenvalue weighted by Crippen LogP contribution is 2.47. The Morgan fingerprint density at radius 1 is 0.977 bits per heavy atom. The van der Waals surface area contributed by atoms with Crippen molar-refractivity contribution in [2.45, 2.75) is 88.6 Å². The maximum absolute atomic E-state index is 15.0. The van der Waals surface area contributed by atoms with Crippen LogP contribution in [0.25, 0.3) is 0 Å². The molecule has 0 N–H and O–H groups in total. The molecule has 1 aliphatic heterocycles. The Labute approximate surface area is 253 Å². The molecule has 236 valence electrons. The van der Waals surface area contributed by atoms with E-state index < -0.39 is 35.6 Å². The molecule has 0 bridgehead atoms. The predicted molar refractivity (Wildman–Crippen MR) is 161 cm³/mol. The van der Waals surface area contributed by atoms with Gasteiger partial charge in [0.15, 0.2) is 0 Å². The molecule has 1 saturated heterocycles. The first kappa shape index (κ1) is 32.5. The quantitative estimate of drug-likeness (QED) is 0.354. The van der Waals surface area contributed by atoms with Gasteiger partial charge in [-0.15, -0.1) is 0 Å². The number of carbonyl (C=O) groups excluding carboxylic acids is 2. The zero-order chi connectivity index (χ0) is 31.7. The van der Waals surface area contributed by atoms with E-state index in [0.717, 1.165) is 31.2 Å². The van der Waals surface area contributed by atoms with E-state index in [2.05, 4.69) is 16.7 Å². The van der Waals surface area contributed by atoms with Crippen molar-refractivity contribution in [1.82, 2.24) is 9.80 Å². The van der Waals surface area contributed by atoms with E-state index in [-0.39, 0.29) is 29.9 Å². The summed E-state index contributed by atoms with van der Waals surface area (Å²) in [5.74, 6) is -0.948. The van der Waals surface area contributed by atoms with Gasteiger partial charge in [-0.05, 0) is 91.2 Å². The molecule has 0 aromatic heterocycles. The lowest BCUT2D eigenvalue weighted by Crippen LogP contribution is -2.53. The highest BCUT2D eigenvalue weighted by molar-refractivity contribution is 5.82. The number of carbonyl (C=O) groups is 2. The van der Waals surface area contributed by atoms with Gasteiger partial charge in [-0.1, -0.05) is 12.1 Å². The number of nitrogens with zero attached hydrogens (tertiary/aromatic N) is 3. The number of ether oxygens (including phenoxy) is 3. The number of hydrogen-bond acceptors (Lipinski definition) is 7. The van der Waals surface area contributed by atoms with Crippen LogP contribution in [-0.4, -0.2) is 79.9 Å². The van der Waals surface area contributed by atoms with Crippen LogP contribution in [0.4, 0.5) is 19.3 Å². The summed E-state index contributed by atoms with van der Waals surface area (Å²) >= 11 is 0. The summed E-state index contributed by atoms with van der Waals surface area (Å²) in [5.41, 5.74) is 0.307. The maximum Gasteiger partial charge on any atom is 0.411 e. The van der Waals surface area contributed by atoms with Crippen LogP contribution in [0.1, 0.15) is 65.4 Å². The molecular formula is C33H45F2N3O5. The van der Waals surface area contributed by atoms with Gasteiger partial charge >= 0.3 is 12.1 Å². The first-order valence-electron chi connectivity index (χ1n) is 14.8. The van der Waals surface area contributed by atoms with Crippen LogP contribution in [0.5, 0.6) is 5.75 Å². The standard InChI is InChI=1S/C33H45F2N3O5/c1-31(2,3)43-30(40)38-21-27(20-28(38)29(39)41-8)42-26-18-24(35)17-25(19-26)37(7)32(4)12-14-33(15-13-32,36(5)6)22-10-9-11-23(34)16-22/h9-11,16-19,27-28H,12-15,20-21H2,1-8H3/t27-,28-,32?,33?/m0/s1. The number of likely N-dealkylation sites (tertiary alicyclic amines) is 1. The Hall–Kier alpha value is -3.40. The number of hydrogen-bond donors (Lipinski definition) is 0. The van der Waals surface area contributed by atoms with Crippen molar-refractivity contribution in [3.05, 3.63) is 59.7 Å². The van der Waals surface area contributed by atoms with Crippen molar-refractivity contribution in [3.8, 4) is 5.75 Å². The summed E-state index contributed by atoms with van der Waals surface area (Å²) in [6, 6.07) is 10.6. The highest BCUT2D eigenvalue weighted by atomic mass is 19.1. The summed E-state index contributed by atoms with van der Waals surface area (Å²) in [5, 5.41) is 0. The molecule has 0 radical (unpaired) electrons. The Kier molecular flexibility index (Phi) is 9.30. The van der Waals surface area contributed by atoms with Crippen LogP contribution >= 0.6 is 0 Å². The Balaban J connectivity index is 1.51. The minimum absolute atomic E-state index is 0.0980. The average molecular weight is 602 g/mol. The minimum atomic E-state index is -0.864. The molecular weight excluding hydrogens is 556 g/mol. The normalized spacial score (nSPS) is 25.9. The fourth-order valence-electron chi connectivity index (χ4n) is 6.39. The van der Waals surface area contributed by atoms with Crippen molar-refractivity contribution in [1.29, 1.82) is 0 Å². The van der Waals surface area contributed by atoms with E-state index in [1.54, 1.807) is 39.0 Å². The fourth-order valence-corrected chi connectivity index (χ4v) is 6.39. The minimum Gasteiger partial charge on any atom is -0.488 e. The lowest BCUT2D eigenvalue weighted by Gasteiger charge is -2.52. The number of benzene rings is 2. The molecule has 10 heteroatoms. The van der Waals surface area contributed by atoms with Crippen molar-refractivity contribution in [3.63, 3.8) is 0 Å². The molecule has 2 atom stereocenters. The van der Waals surface area contributed by atoms with Gasteiger partial charge in [0.05, 0.1) is 13.7 Å². The number of esters is 1. The number of anilines is 1. The van der Waals surface area contributed by atoms with Crippen LogP contribution in [0, 0.1) is 11.6 Å². The van der Waals surface area contributed by atoms with Gasteiger partial charge in [0.1, 0.15) is 35.1 Å². The molecule has 0 spiro atoms. The van der Waals surface area contributed by atoms with Crippen molar-refractivity contribution in [2.24, 2.45) is 0 Å².